The van der Waals surface area contributed by atoms with Crippen LogP contribution in [0.25, 0.3) is 0 Å². The number of ether oxygens (including phenoxy) is 2. The van der Waals surface area contributed by atoms with Crippen LogP contribution in [0.4, 0.5) is 0 Å². The number of nitrogens with zero attached hydrogens (tertiary/aromatic N) is 1. The summed E-state index contributed by atoms with van der Waals surface area (Å²) in [6.45, 7) is 0.808. The molecule has 0 aromatic heterocycles. The summed E-state index contributed by atoms with van der Waals surface area (Å²) in [4.78, 5) is 10.9. The fourth-order valence-electron chi connectivity index (χ4n) is 1.68. The molecule has 0 amide bonds. The molecule has 0 aliphatic carbocycles. The summed E-state index contributed by atoms with van der Waals surface area (Å²) in [5.41, 5.74) is -0.0745. The van der Waals surface area contributed by atoms with Crippen molar-refractivity contribution in [3.8, 4) is 0 Å². The maximum Gasteiger partial charge on any atom is 0.335 e. The van der Waals surface area contributed by atoms with E-state index < -0.39 is 16.0 Å². The van der Waals surface area contributed by atoms with Gasteiger partial charge in [-0.2, -0.15) is 4.31 Å². The molecule has 21 heavy (non-hydrogen) atoms. The Bertz CT molecular complexity index is 564. The molecule has 1 aromatic carbocycles. The van der Waals surface area contributed by atoms with Crippen LogP contribution in [0.1, 0.15) is 10.4 Å². The first-order valence-corrected chi connectivity index (χ1v) is 7.69. The van der Waals surface area contributed by atoms with Crippen LogP contribution in [0.2, 0.25) is 0 Å². The third-order valence-corrected chi connectivity index (χ3v) is 4.70. The molecular formula is C13H19NO6S. The Morgan fingerprint density at radius 1 is 1.19 bits per heavy atom. The van der Waals surface area contributed by atoms with Crippen LogP contribution >= 0.6 is 0 Å². The molecule has 0 aliphatic heterocycles. The fourth-order valence-corrected chi connectivity index (χ4v) is 3.13. The van der Waals surface area contributed by atoms with Crippen LogP contribution in [0.5, 0.6) is 0 Å². The average Bonchev–Trinajstić information content (AvgIpc) is 2.47. The topological polar surface area (TPSA) is 93.1 Å². The molecule has 0 heterocycles. The number of methoxy groups -OCH3 is 2. The van der Waals surface area contributed by atoms with Crippen molar-refractivity contribution in [3.05, 3.63) is 29.8 Å². The molecule has 1 aromatic rings. The van der Waals surface area contributed by atoms with E-state index in [1.54, 1.807) is 0 Å². The van der Waals surface area contributed by atoms with E-state index in [4.69, 9.17) is 14.6 Å². The summed E-state index contributed by atoms with van der Waals surface area (Å²) in [6.07, 6.45) is 0. The zero-order valence-electron chi connectivity index (χ0n) is 12.0. The molecule has 0 atom stereocenters. The zero-order chi connectivity index (χ0) is 15.9. The second-order valence-electron chi connectivity index (χ2n) is 4.22. The van der Waals surface area contributed by atoms with Crippen molar-refractivity contribution in [2.45, 2.75) is 4.90 Å². The van der Waals surface area contributed by atoms with Gasteiger partial charge in [0.25, 0.3) is 0 Å². The van der Waals surface area contributed by atoms with E-state index in [9.17, 15) is 13.2 Å². The predicted octanol–water partition coefficient (Wildman–Crippen LogP) is 0.668. The van der Waals surface area contributed by atoms with Gasteiger partial charge in [-0.1, -0.05) is 6.07 Å². The van der Waals surface area contributed by atoms with Crippen molar-refractivity contribution in [1.29, 1.82) is 0 Å². The summed E-state index contributed by atoms with van der Waals surface area (Å²) in [5.74, 6) is -1.17. The molecule has 0 radical (unpaired) electrons. The fraction of sp³-hybridized carbons (Fsp3) is 0.462. The van der Waals surface area contributed by atoms with E-state index in [0.29, 0.717) is 0 Å². The molecule has 0 bridgehead atoms. The predicted molar refractivity (Wildman–Crippen MR) is 75.9 cm³/mol. The molecule has 7 nitrogen and oxygen atoms in total. The third-order valence-electron chi connectivity index (χ3n) is 2.81. The Kier molecular flexibility index (Phi) is 6.76. The first-order valence-electron chi connectivity index (χ1n) is 6.25. The van der Waals surface area contributed by atoms with E-state index in [1.807, 2.05) is 0 Å². The van der Waals surface area contributed by atoms with Gasteiger partial charge in [-0.05, 0) is 18.2 Å². The molecule has 0 saturated heterocycles. The summed E-state index contributed by atoms with van der Waals surface area (Å²) in [6, 6.07) is 5.26. The number of rotatable bonds is 9. The average molecular weight is 317 g/mol. The van der Waals surface area contributed by atoms with Gasteiger partial charge in [0.2, 0.25) is 10.0 Å². The largest absolute Gasteiger partial charge is 0.478 e. The van der Waals surface area contributed by atoms with Crippen molar-refractivity contribution >= 4 is 16.0 Å². The van der Waals surface area contributed by atoms with Gasteiger partial charge in [-0.25, -0.2) is 13.2 Å². The Labute approximate surface area is 124 Å². The van der Waals surface area contributed by atoms with Gasteiger partial charge in [-0.15, -0.1) is 0 Å². The molecule has 0 spiro atoms. The van der Waals surface area contributed by atoms with Crippen LogP contribution in [-0.2, 0) is 19.5 Å². The molecule has 1 rings (SSSR count). The van der Waals surface area contributed by atoms with Crippen LogP contribution in [-0.4, -0.2) is 64.3 Å². The lowest BCUT2D eigenvalue weighted by atomic mass is 10.2. The van der Waals surface area contributed by atoms with Crippen molar-refractivity contribution in [2.24, 2.45) is 0 Å². The Balaban J connectivity index is 3.08. The Morgan fingerprint density at radius 3 is 2.24 bits per heavy atom. The zero-order valence-corrected chi connectivity index (χ0v) is 12.8. The second kappa shape index (κ2) is 8.08. The third kappa shape index (κ3) is 4.78. The molecule has 0 fully saturated rings. The van der Waals surface area contributed by atoms with Crippen molar-refractivity contribution < 1.29 is 27.8 Å². The molecule has 0 unspecified atom stereocenters. The van der Waals surface area contributed by atoms with Gasteiger partial charge in [0.15, 0.2) is 0 Å². The number of sulfonamides is 1. The Morgan fingerprint density at radius 2 is 1.76 bits per heavy atom. The van der Waals surface area contributed by atoms with Gasteiger partial charge in [0.05, 0.1) is 23.7 Å². The van der Waals surface area contributed by atoms with E-state index in [2.05, 4.69) is 0 Å². The van der Waals surface area contributed by atoms with Crippen molar-refractivity contribution in [2.75, 3.05) is 40.5 Å². The van der Waals surface area contributed by atoms with Crippen molar-refractivity contribution in [3.63, 3.8) is 0 Å². The lowest BCUT2D eigenvalue weighted by Gasteiger charge is -2.21. The number of carbonyl (C=O) groups is 1. The van der Waals surface area contributed by atoms with Gasteiger partial charge >= 0.3 is 5.97 Å². The minimum atomic E-state index is -3.79. The number of aromatic carboxylic acids is 1. The highest BCUT2D eigenvalue weighted by Crippen LogP contribution is 2.17. The maximum absolute atomic E-state index is 12.5. The van der Waals surface area contributed by atoms with Crippen LogP contribution in [0, 0.1) is 0 Å². The summed E-state index contributed by atoms with van der Waals surface area (Å²) >= 11 is 0. The first-order chi connectivity index (χ1) is 9.93. The monoisotopic (exact) mass is 317 g/mol. The normalized spacial score (nSPS) is 11.8. The van der Waals surface area contributed by atoms with Crippen molar-refractivity contribution in [1.82, 2.24) is 4.31 Å². The summed E-state index contributed by atoms with van der Waals surface area (Å²) in [5, 5.41) is 8.95. The summed E-state index contributed by atoms with van der Waals surface area (Å²) in [7, 11) is -0.835. The molecule has 1 N–H and O–H groups in total. The van der Waals surface area contributed by atoms with Gasteiger partial charge in [0.1, 0.15) is 0 Å². The summed E-state index contributed by atoms with van der Waals surface area (Å²) < 4.78 is 36.1. The highest BCUT2D eigenvalue weighted by Gasteiger charge is 2.24. The minimum absolute atomic E-state index is 0.0605. The van der Waals surface area contributed by atoms with E-state index in [1.165, 1.54) is 36.7 Å². The minimum Gasteiger partial charge on any atom is -0.478 e. The number of hydrogen-bond acceptors (Lipinski definition) is 5. The van der Waals surface area contributed by atoms with E-state index >= 15 is 0 Å². The SMILES string of the molecule is COCCN(CCOC)S(=O)(=O)c1cccc(C(=O)O)c1. The molecule has 0 aliphatic rings. The quantitative estimate of drug-likeness (QED) is 0.719. The number of hydrogen-bond donors (Lipinski definition) is 1. The number of carboxylic acid groups (broad SMARTS) is 1. The number of benzene rings is 1. The molecule has 8 heteroatoms. The smallest absolute Gasteiger partial charge is 0.335 e. The van der Waals surface area contributed by atoms with Crippen LogP contribution in [0.15, 0.2) is 29.2 Å². The van der Waals surface area contributed by atoms with E-state index in [-0.39, 0.29) is 36.8 Å². The highest BCUT2D eigenvalue weighted by molar-refractivity contribution is 7.89. The number of carboxylic acids is 1. The van der Waals surface area contributed by atoms with Crippen LogP contribution < -0.4 is 0 Å². The van der Waals surface area contributed by atoms with Gasteiger partial charge in [0, 0.05) is 27.3 Å². The Hall–Kier alpha value is -1.48. The molecule has 0 saturated carbocycles. The highest BCUT2D eigenvalue weighted by atomic mass is 32.2. The van der Waals surface area contributed by atoms with Gasteiger partial charge < -0.3 is 14.6 Å². The molecular weight excluding hydrogens is 298 g/mol. The van der Waals surface area contributed by atoms with Crippen LogP contribution in [0.3, 0.4) is 0 Å². The standard InChI is InChI=1S/C13H19NO6S/c1-19-8-6-14(7-9-20-2)21(17,18)12-5-3-4-11(10-12)13(15)16/h3-5,10H,6-9H2,1-2H3,(H,15,16). The van der Waals surface area contributed by atoms with Gasteiger partial charge in [-0.3, -0.25) is 0 Å². The lowest BCUT2D eigenvalue weighted by molar-refractivity contribution is 0.0696. The molecule has 118 valence electrons. The first kappa shape index (κ1) is 17.6. The second-order valence-corrected chi connectivity index (χ2v) is 6.16. The van der Waals surface area contributed by atoms with E-state index in [0.717, 1.165) is 6.07 Å². The lowest BCUT2D eigenvalue weighted by Crippen LogP contribution is -2.36. The maximum atomic E-state index is 12.5.